The van der Waals surface area contributed by atoms with Gasteiger partial charge in [-0.05, 0) is 23.9 Å². The zero-order valence-electron chi connectivity index (χ0n) is 10.5. The molecule has 6 nitrogen and oxygen atoms in total. The van der Waals surface area contributed by atoms with Crippen LogP contribution in [0.1, 0.15) is 0 Å². The second-order valence-electron chi connectivity index (χ2n) is 4.15. The minimum atomic E-state index is -0.540. The van der Waals surface area contributed by atoms with Gasteiger partial charge in [0.15, 0.2) is 0 Å². The van der Waals surface area contributed by atoms with Crippen molar-refractivity contribution in [3.8, 4) is 0 Å². The van der Waals surface area contributed by atoms with E-state index in [1.807, 2.05) is 6.07 Å². The van der Waals surface area contributed by atoms with Crippen LogP contribution in [0.3, 0.4) is 0 Å². The molecular formula is C13H9N3O3S2. The number of nitrogens with one attached hydrogen (secondary N) is 1. The molecule has 0 unspecified atom stereocenters. The molecule has 2 amide bonds. The molecule has 2 aliphatic rings. The Bertz CT molecular complexity index is 713. The second kappa shape index (κ2) is 5.30. The molecule has 0 aromatic heterocycles. The van der Waals surface area contributed by atoms with Gasteiger partial charge >= 0.3 is 0 Å². The molecule has 1 fully saturated rings. The molecule has 3 N–H and O–H groups in total. The van der Waals surface area contributed by atoms with Gasteiger partial charge in [0.2, 0.25) is 5.12 Å². The smallest absolute Gasteiger partial charge is 0.284 e. The lowest BCUT2D eigenvalue weighted by atomic mass is 10.2. The third-order valence-electron chi connectivity index (χ3n) is 2.74. The zero-order chi connectivity index (χ0) is 15.0. The van der Waals surface area contributed by atoms with Gasteiger partial charge in [-0.2, -0.15) is 0 Å². The first kappa shape index (κ1) is 13.8. The highest BCUT2D eigenvalue weighted by Gasteiger charge is 2.38. The summed E-state index contributed by atoms with van der Waals surface area (Å²) >= 11 is 1.88. The number of rotatable bonds is 1. The number of thioether (sulfide) groups is 2. The van der Waals surface area contributed by atoms with E-state index in [0.29, 0.717) is 9.92 Å². The van der Waals surface area contributed by atoms with Crippen LogP contribution < -0.4 is 16.2 Å². The van der Waals surface area contributed by atoms with E-state index in [1.165, 1.54) is 6.08 Å². The molecule has 106 valence electrons. The van der Waals surface area contributed by atoms with E-state index in [2.05, 4.69) is 5.43 Å². The van der Waals surface area contributed by atoms with Crippen molar-refractivity contribution in [2.45, 2.75) is 0 Å². The van der Waals surface area contributed by atoms with Gasteiger partial charge in [0.05, 0.1) is 15.0 Å². The Morgan fingerprint density at radius 3 is 2.43 bits per heavy atom. The molecule has 0 spiro atoms. The third-order valence-corrected chi connectivity index (χ3v) is 4.69. The van der Waals surface area contributed by atoms with Crippen molar-refractivity contribution in [3.05, 3.63) is 51.2 Å². The minimum Gasteiger partial charge on any atom is -0.393 e. The molecule has 0 bridgehead atoms. The summed E-state index contributed by atoms with van der Waals surface area (Å²) in [6.07, 6.45) is 1.27. The van der Waals surface area contributed by atoms with Gasteiger partial charge in [-0.25, -0.2) is 5.01 Å². The van der Waals surface area contributed by atoms with E-state index in [1.54, 1.807) is 24.3 Å². The van der Waals surface area contributed by atoms with Crippen LogP contribution in [-0.4, -0.2) is 16.9 Å². The predicted molar refractivity (Wildman–Crippen MR) is 81.6 cm³/mol. The van der Waals surface area contributed by atoms with Crippen LogP contribution in [0.25, 0.3) is 0 Å². The molecule has 0 aliphatic carbocycles. The molecule has 2 aliphatic heterocycles. The average Bonchev–Trinajstić information content (AvgIpc) is 2.74. The van der Waals surface area contributed by atoms with E-state index in [9.17, 15) is 14.4 Å². The van der Waals surface area contributed by atoms with Crippen LogP contribution in [0.5, 0.6) is 0 Å². The van der Waals surface area contributed by atoms with Gasteiger partial charge in [0.25, 0.3) is 11.8 Å². The third kappa shape index (κ3) is 2.55. The number of para-hydroxylation sites is 1. The average molecular weight is 319 g/mol. The summed E-state index contributed by atoms with van der Waals surface area (Å²) in [6, 6.07) is 8.73. The van der Waals surface area contributed by atoms with Gasteiger partial charge in [-0.1, -0.05) is 30.0 Å². The van der Waals surface area contributed by atoms with E-state index in [0.717, 1.165) is 28.5 Å². The highest BCUT2D eigenvalue weighted by atomic mass is 32.2. The Labute approximate surface area is 128 Å². The van der Waals surface area contributed by atoms with Crippen LogP contribution in [-0.2, 0) is 14.4 Å². The van der Waals surface area contributed by atoms with Crippen LogP contribution in [0.15, 0.2) is 51.2 Å². The molecule has 2 heterocycles. The predicted octanol–water partition coefficient (Wildman–Crippen LogP) is 1.08. The Morgan fingerprint density at radius 2 is 1.76 bits per heavy atom. The molecule has 8 heteroatoms. The molecule has 0 saturated carbocycles. The standard InChI is InChI=1S/C13H9N3O3S2/c14-8-6-9(17)21-13(20-8)10-11(18)15-16(12(10)19)7-4-2-1-3-5-7/h1-6H,14H2,(H,15,18). The van der Waals surface area contributed by atoms with Crippen LogP contribution >= 0.6 is 23.5 Å². The minimum absolute atomic E-state index is 0.0572. The van der Waals surface area contributed by atoms with Crippen LogP contribution in [0.4, 0.5) is 5.69 Å². The lowest BCUT2D eigenvalue weighted by Crippen LogP contribution is -2.35. The normalized spacial score (nSPS) is 22.4. The van der Waals surface area contributed by atoms with Crippen LogP contribution in [0.2, 0.25) is 0 Å². The van der Waals surface area contributed by atoms with Gasteiger partial charge in [-0.15, -0.1) is 0 Å². The summed E-state index contributed by atoms with van der Waals surface area (Å²) in [7, 11) is 0. The number of hydrogen-bond acceptors (Lipinski definition) is 6. The van der Waals surface area contributed by atoms with E-state index in [-0.39, 0.29) is 15.7 Å². The van der Waals surface area contributed by atoms with Crippen molar-refractivity contribution in [2.75, 3.05) is 5.01 Å². The number of amides is 2. The molecule has 0 radical (unpaired) electrons. The molecule has 3 rings (SSSR count). The van der Waals surface area contributed by atoms with E-state index < -0.39 is 11.8 Å². The fraction of sp³-hybridized carbons (Fsp3) is 0. The number of hydrogen-bond donors (Lipinski definition) is 2. The Morgan fingerprint density at radius 1 is 1.05 bits per heavy atom. The molecule has 21 heavy (non-hydrogen) atoms. The second-order valence-corrected chi connectivity index (χ2v) is 6.51. The Kier molecular flexibility index (Phi) is 3.48. The number of anilines is 1. The Hall–Kier alpha value is -2.19. The number of carbonyl (C=O) groups is 3. The van der Waals surface area contributed by atoms with Crippen molar-refractivity contribution in [2.24, 2.45) is 5.73 Å². The molecule has 0 atom stereocenters. The zero-order valence-corrected chi connectivity index (χ0v) is 12.2. The first-order chi connectivity index (χ1) is 10.1. The maximum atomic E-state index is 12.4. The number of hydrazine groups is 1. The van der Waals surface area contributed by atoms with Crippen molar-refractivity contribution < 1.29 is 14.4 Å². The largest absolute Gasteiger partial charge is 0.393 e. The first-order valence-corrected chi connectivity index (χ1v) is 7.51. The summed E-state index contributed by atoms with van der Waals surface area (Å²) in [5, 5.41) is 1.12. The van der Waals surface area contributed by atoms with Crippen molar-refractivity contribution in [1.82, 2.24) is 5.43 Å². The van der Waals surface area contributed by atoms with Gasteiger partial charge in [-0.3, -0.25) is 19.8 Å². The topological polar surface area (TPSA) is 92.5 Å². The number of benzene rings is 1. The van der Waals surface area contributed by atoms with Crippen LogP contribution in [0, 0.1) is 0 Å². The van der Waals surface area contributed by atoms with Crippen molar-refractivity contribution in [3.63, 3.8) is 0 Å². The highest BCUT2D eigenvalue weighted by Crippen LogP contribution is 2.41. The fourth-order valence-electron chi connectivity index (χ4n) is 1.85. The van der Waals surface area contributed by atoms with Crippen molar-refractivity contribution in [1.29, 1.82) is 0 Å². The lowest BCUT2D eigenvalue weighted by Gasteiger charge is -2.14. The number of nitrogens with zero attached hydrogens (tertiary/aromatic N) is 1. The molecule has 1 saturated heterocycles. The summed E-state index contributed by atoms with van der Waals surface area (Å²) in [6.45, 7) is 0. The fourth-order valence-corrected chi connectivity index (χ4v) is 3.94. The number of nitrogens with two attached hydrogens (primary N) is 1. The molecule has 1 aromatic rings. The summed E-state index contributed by atoms with van der Waals surface area (Å²) in [5.74, 6) is -1.04. The lowest BCUT2D eigenvalue weighted by molar-refractivity contribution is -0.117. The monoisotopic (exact) mass is 319 g/mol. The summed E-state index contributed by atoms with van der Waals surface area (Å²) < 4.78 is 0.306. The number of carbonyl (C=O) groups excluding carboxylic acids is 3. The van der Waals surface area contributed by atoms with E-state index in [4.69, 9.17) is 5.73 Å². The highest BCUT2D eigenvalue weighted by molar-refractivity contribution is 8.31. The van der Waals surface area contributed by atoms with Gasteiger partial charge in [0, 0.05) is 6.08 Å². The van der Waals surface area contributed by atoms with Gasteiger partial charge in [0.1, 0.15) is 5.57 Å². The maximum absolute atomic E-state index is 12.4. The quantitative estimate of drug-likeness (QED) is 0.594. The summed E-state index contributed by atoms with van der Waals surface area (Å²) in [5.41, 5.74) is 8.60. The maximum Gasteiger partial charge on any atom is 0.284 e. The Balaban J connectivity index is 1.99. The van der Waals surface area contributed by atoms with E-state index >= 15 is 0 Å². The molecular weight excluding hydrogens is 310 g/mol. The molecule has 1 aromatic carbocycles. The summed E-state index contributed by atoms with van der Waals surface area (Å²) in [4.78, 5) is 36.0. The SMILES string of the molecule is NC1=CC(=O)SC(=C2C(=O)NN(c3ccccc3)C2=O)S1. The first-order valence-electron chi connectivity index (χ1n) is 5.88. The van der Waals surface area contributed by atoms with Gasteiger partial charge < -0.3 is 5.73 Å². The van der Waals surface area contributed by atoms with Crippen molar-refractivity contribution >= 4 is 46.1 Å².